The molecule has 31 heavy (non-hydrogen) atoms. The van der Waals surface area contributed by atoms with E-state index in [9.17, 15) is 4.39 Å². The monoisotopic (exact) mass is 442 g/mol. The van der Waals surface area contributed by atoms with Crippen LogP contribution in [0.15, 0.2) is 30.3 Å². The van der Waals surface area contributed by atoms with E-state index >= 15 is 0 Å². The van der Waals surface area contributed by atoms with E-state index in [4.69, 9.17) is 22.2 Å². The minimum atomic E-state index is -0.244. The van der Waals surface area contributed by atoms with Gasteiger partial charge in [-0.2, -0.15) is 9.97 Å². The summed E-state index contributed by atoms with van der Waals surface area (Å²) >= 11 is 5.48. The molecular weight excluding hydrogens is 411 g/mol. The van der Waals surface area contributed by atoms with Gasteiger partial charge in [-0.15, -0.1) is 0 Å². The van der Waals surface area contributed by atoms with Gasteiger partial charge in [-0.05, 0) is 75.4 Å². The van der Waals surface area contributed by atoms with E-state index in [1.807, 2.05) is 0 Å². The average molecular weight is 443 g/mol. The number of nitrogens with zero attached hydrogens (tertiary/aromatic N) is 4. The van der Waals surface area contributed by atoms with Crippen molar-refractivity contribution in [2.24, 2.45) is 0 Å². The average Bonchev–Trinajstić information content (AvgIpc) is 2.79. The molecule has 2 aliphatic rings. The number of thiocarbonyl (C=S) groups is 1. The molecule has 0 bridgehead atoms. The number of hydrogen-bond acceptors (Lipinski definition) is 5. The summed E-state index contributed by atoms with van der Waals surface area (Å²) in [6.45, 7) is 5.85. The lowest BCUT2D eigenvalue weighted by Crippen LogP contribution is -2.39. The van der Waals surface area contributed by atoms with Gasteiger partial charge < -0.3 is 20.4 Å². The highest BCUT2D eigenvalue weighted by molar-refractivity contribution is 7.80. The van der Waals surface area contributed by atoms with Crippen molar-refractivity contribution in [2.45, 2.75) is 58.0 Å². The number of hydrogen-bond donors (Lipinski definition) is 2. The summed E-state index contributed by atoms with van der Waals surface area (Å²) in [5, 5.41) is 6.79. The summed E-state index contributed by atoms with van der Waals surface area (Å²) in [5.41, 5.74) is 0.955. The molecule has 0 saturated carbocycles. The lowest BCUT2D eigenvalue weighted by atomic mass is 10.0. The highest BCUT2D eigenvalue weighted by atomic mass is 32.1. The van der Waals surface area contributed by atoms with Gasteiger partial charge in [-0.1, -0.05) is 12.1 Å². The fraction of sp³-hybridized carbons (Fsp3) is 0.522. The first kappa shape index (κ1) is 21.7. The molecule has 0 spiro atoms. The molecule has 0 aliphatic carbocycles. The van der Waals surface area contributed by atoms with Gasteiger partial charge >= 0.3 is 0 Å². The number of piperidine rings is 2. The van der Waals surface area contributed by atoms with E-state index in [0.29, 0.717) is 23.6 Å². The predicted octanol–water partition coefficient (Wildman–Crippen LogP) is 4.47. The van der Waals surface area contributed by atoms with Crippen molar-refractivity contribution < 1.29 is 4.39 Å². The number of halogens is 1. The first-order valence-corrected chi connectivity index (χ1v) is 11.7. The van der Waals surface area contributed by atoms with Crippen LogP contribution in [0.25, 0.3) is 0 Å². The Morgan fingerprint density at radius 3 is 2.48 bits per heavy atom. The van der Waals surface area contributed by atoms with Gasteiger partial charge in [0.25, 0.3) is 0 Å². The number of aromatic nitrogens is 2. The second-order valence-corrected chi connectivity index (χ2v) is 8.84. The van der Waals surface area contributed by atoms with Gasteiger partial charge in [-0.3, -0.25) is 0 Å². The van der Waals surface area contributed by atoms with Crippen molar-refractivity contribution in [2.75, 3.05) is 34.8 Å². The van der Waals surface area contributed by atoms with Gasteiger partial charge in [0, 0.05) is 38.3 Å². The molecule has 0 radical (unpaired) electrons. The Bertz CT molecular complexity index is 884. The maximum atomic E-state index is 13.1. The van der Waals surface area contributed by atoms with Gasteiger partial charge in [0.15, 0.2) is 5.11 Å². The molecule has 0 amide bonds. The summed E-state index contributed by atoms with van der Waals surface area (Å²) in [5.74, 6) is 2.21. The molecule has 1 atom stereocenters. The van der Waals surface area contributed by atoms with Crippen molar-refractivity contribution in [3.63, 3.8) is 0 Å². The van der Waals surface area contributed by atoms with Crippen LogP contribution in [0.2, 0.25) is 0 Å². The topological polar surface area (TPSA) is 56.3 Å². The first-order valence-electron chi connectivity index (χ1n) is 11.3. The summed E-state index contributed by atoms with van der Waals surface area (Å²) in [6, 6.07) is 8.99. The van der Waals surface area contributed by atoms with Crippen LogP contribution in [0.1, 0.15) is 51.0 Å². The maximum absolute atomic E-state index is 13.1. The standard InChI is InChI=1S/C23H31FN6S/c1-17-7-3-6-14-30(17)21-15-20(29-12-4-2-5-13-29)26-22(27-21)28-23(31)25-16-18-8-10-19(24)11-9-18/h8-11,15,17H,2-7,12-14,16H2,1H3,(H2,25,26,27,28,31)/t17-/m0/s1. The molecule has 1 aromatic heterocycles. The highest BCUT2D eigenvalue weighted by Gasteiger charge is 2.23. The Hall–Kier alpha value is -2.48. The fourth-order valence-corrected chi connectivity index (χ4v) is 4.44. The highest BCUT2D eigenvalue weighted by Crippen LogP contribution is 2.28. The summed E-state index contributed by atoms with van der Waals surface area (Å²) < 4.78 is 13.1. The number of benzene rings is 1. The maximum Gasteiger partial charge on any atom is 0.232 e. The third-order valence-electron chi connectivity index (χ3n) is 6.07. The van der Waals surface area contributed by atoms with Crippen LogP contribution < -0.4 is 20.4 Å². The van der Waals surface area contributed by atoms with E-state index in [1.165, 1.54) is 50.7 Å². The second kappa shape index (κ2) is 10.2. The van der Waals surface area contributed by atoms with Crippen molar-refractivity contribution in [3.05, 3.63) is 41.7 Å². The van der Waals surface area contributed by atoms with E-state index in [0.717, 1.165) is 36.8 Å². The van der Waals surface area contributed by atoms with Crippen LogP contribution in [0.3, 0.4) is 0 Å². The SMILES string of the molecule is C[C@H]1CCCCN1c1cc(N2CCCCC2)nc(NC(=S)NCc2ccc(F)cc2)n1. The van der Waals surface area contributed by atoms with Gasteiger partial charge in [-0.25, -0.2) is 4.39 Å². The van der Waals surface area contributed by atoms with Crippen molar-refractivity contribution in [3.8, 4) is 0 Å². The molecule has 8 heteroatoms. The van der Waals surface area contributed by atoms with Crippen LogP contribution >= 0.6 is 12.2 Å². The van der Waals surface area contributed by atoms with Gasteiger partial charge in [0.2, 0.25) is 5.95 Å². The van der Waals surface area contributed by atoms with Crippen LogP contribution in [0.5, 0.6) is 0 Å². The quantitative estimate of drug-likeness (QED) is 0.663. The Kier molecular flexibility index (Phi) is 7.17. The molecule has 2 fully saturated rings. The lowest BCUT2D eigenvalue weighted by Gasteiger charge is -2.35. The summed E-state index contributed by atoms with van der Waals surface area (Å²) in [6.07, 6.45) is 7.31. The molecular formula is C23H31FN6S. The van der Waals surface area contributed by atoms with E-state index in [1.54, 1.807) is 12.1 Å². The van der Waals surface area contributed by atoms with Crippen LogP contribution in [0.4, 0.5) is 22.0 Å². The molecule has 2 aromatic rings. The zero-order valence-electron chi connectivity index (χ0n) is 18.1. The van der Waals surface area contributed by atoms with Gasteiger partial charge in [0.1, 0.15) is 17.5 Å². The zero-order valence-corrected chi connectivity index (χ0v) is 18.9. The van der Waals surface area contributed by atoms with Crippen molar-refractivity contribution >= 4 is 34.9 Å². The van der Waals surface area contributed by atoms with E-state index < -0.39 is 0 Å². The minimum absolute atomic E-state index is 0.244. The molecule has 0 unspecified atom stereocenters. The van der Waals surface area contributed by atoms with E-state index in [2.05, 4.69) is 33.4 Å². The minimum Gasteiger partial charge on any atom is -0.358 e. The Balaban J connectivity index is 1.49. The van der Waals surface area contributed by atoms with Gasteiger partial charge in [0.05, 0.1) is 0 Å². The van der Waals surface area contributed by atoms with Crippen LogP contribution in [-0.4, -0.2) is 40.8 Å². The van der Waals surface area contributed by atoms with Crippen molar-refractivity contribution in [1.82, 2.24) is 15.3 Å². The summed E-state index contributed by atoms with van der Waals surface area (Å²) in [7, 11) is 0. The molecule has 2 N–H and O–H groups in total. The number of nitrogens with one attached hydrogen (secondary N) is 2. The molecule has 6 nitrogen and oxygen atoms in total. The van der Waals surface area contributed by atoms with Crippen LogP contribution in [0, 0.1) is 5.82 Å². The molecule has 4 rings (SSSR count). The zero-order chi connectivity index (χ0) is 21.6. The second-order valence-electron chi connectivity index (χ2n) is 8.43. The predicted molar refractivity (Wildman–Crippen MR) is 128 cm³/mol. The Labute approximate surface area is 189 Å². The third-order valence-corrected chi connectivity index (χ3v) is 6.31. The fourth-order valence-electron chi connectivity index (χ4n) is 4.28. The van der Waals surface area contributed by atoms with Crippen LogP contribution in [-0.2, 0) is 6.54 Å². The first-order chi connectivity index (χ1) is 15.1. The Morgan fingerprint density at radius 2 is 1.74 bits per heavy atom. The molecule has 2 aliphatic heterocycles. The largest absolute Gasteiger partial charge is 0.358 e. The van der Waals surface area contributed by atoms with E-state index in [-0.39, 0.29) is 5.82 Å². The molecule has 3 heterocycles. The third kappa shape index (κ3) is 5.81. The summed E-state index contributed by atoms with van der Waals surface area (Å²) in [4.78, 5) is 14.3. The molecule has 2 saturated heterocycles. The molecule has 166 valence electrons. The van der Waals surface area contributed by atoms with Crippen molar-refractivity contribution in [1.29, 1.82) is 0 Å². The number of rotatable bonds is 5. The Morgan fingerprint density at radius 1 is 1.03 bits per heavy atom. The lowest BCUT2D eigenvalue weighted by molar-refractivity contribution is 0.481. The normalized spacial score (nSPS) is 19.2. The molecule has 1 aromatic carbocycles. The smallest absolute Gasteiger partial charge is 0.232 e. The number of anilines is 3.